The van der Waals surface area contributed by atoms with Gasteiger partial charge in [0.1, 0.15) is 23.9 Å². The number of carbonyl (C=O) groups excluding carboxylic acids is 4. The topological polar surface area (TPSA) is 251 Å². The van der Waals surface area contributed by atoms with E-state index in [4.69, 9.17) is 16.6 Å². The van der Waals surface area contributed by atoms with Gasteiger partial charge in [0.05, 0.1) is 18.9 Å². The predicted molar refractivity (Wildman–Crippen MR) is 123 cm³/mol. The van der Waals surface area contributed by atoms with Gasteiger partial charge in [0.2, 0.25) is 23.6 Å². The zero-order valence-corrected chi connectivity index (χ0v) is 19.2. The third-order valence-electron chi connectivity index (χ3n) is 4.57. The lowest BCUT2D eigenvalue weighted by molar-refractivity contribution is -0.143. The number of carboxylic acids is 2. The third-order valence-corrected chi connectivity index (χ3v) is 4.97. The normalized spacial score (nSPS) is 14.0. The number of carbonyl (C=O) groups is 6. The van der Waals surface area contributed by atoms with Gasteiger partial charge < -0.3 is 42.7 Å². The number of phenolic OH excluding ortho intramolecular Hbond substituents is 1. The van der Waals surface area contributed by atoms with Crippen LogP contribution in [-0.2, 0) is 35.2 Å². The Bertz CT molecular complexity index is 957. The summed E-state index contributed by atoms with van der Waals surface area (Å²) in [6, 6.07) is -0.449. The monoisotopic (exact) mass is 513 g/mol. The summed E-state index contributed by atoms with van der Waals surface area (Å²) in [7, 11) is 0. The van der Waals surface area contributed by atoms with Crippen molar-refractivity contribution in [2.45, 2.75) is 43.4 Å². The summed E-state index contributed by atoms with van der Waals surface area (Å²) in [5, 5.41) is 34.3. The molecule has 0 aliphatic rings. The number of thiol groups is 1. The smallest absolute Gasteiger partial charge is 0.326 e. The van der Waals surface area contributed by atoms with Crippen molar-refractivity contribution in [2.24, 2.45) is 11.5 Å². The Morgan fingerprint density at radius 1 is 0.829 bits per heavy atom. The van der Waals surface area contributed by atoms with Crippen molar-refractivity contribution in [1.29, 1.82) is 0 Å². The highest BCUT2D eigenvalue weighted by atomic mass is 32.1. The fourth-order valence-electron chi connectivity index (χ4n) is 2.77. The second-order valence-corrected chi connectivity index (χ2v) is 7.81. The molecule has 1 rings (SSSR count). The Morgan fingerprint density at radius 3 is 1.77 bits per heavy atom. The minimum atomic E-state index is -1.67. The average Bonchev–Trinajstić information content (AvgIpc) is 2.77. The van der Waals surface area contributed by atoms with Gasteiger partial charge in [-0.15, -0.1) is 0 Å². The highest BCUT2D eigenvalue weighted by Gasteiger charge is 2.32. The first-order chi connectivity index (χ1) is 16.3. The molecule has 0 heterocycles. The van der Waals surface area contributed by atoms with Gasteiger partial charge in [-0.3, -0.25) is 24.0 Å². The zero-order valence-electron chi connectivity index (χ0n) is 18.3. The fourth-order valence-corrected chi connectivity index (χ4v) is 2.93. The molecular weight excluding hydrogens is 486 g/mol. The third kappa shape index (κ3) is 10.3. The molecular formula is C20H27N5O9S. The summed E-state index contributed by atoms with van der Waals surface area (Å²) in [5.74, 6) is -7.16. The zero-order chi connectivity index (χ0) is 26.7. The number of aromatic hydroxyl groups is 1. The molecule has 0 bridgehead atoms. The molecule has 15 heteroatoms. The minimum absolute atomic E-state index is 0.0489. The van der Waals surface area contributed by atoms with Crippen LogP contribution in [0.4, 0.5) is 0 Å². The van der Waals surface area contributed by atoms with Gasteiger partial charge in [0.15, 0.2) is 0 Å². The number of hydrogen-bond donors (Lipinski definition) is 9. The average molecular weight is 514 g/mol. The van der Waals surface area contributed by atoms with Gasteiger partial charge in [-0.25, -0.2) is 4.79 Å². The van der Waals surface area contributed by atoms with Gasteiger partial charge >= 0.3 is 11.9 Å². The summed E-state index contributed by atoms with van der Waals surface area (Å²) in [6.07, 6.45) is -1.81. The van der Waals surface area contributed by atoms with E-state index in [1.807, 2.05) is 0 Å². The SMILES string of the molecule is NC(=O)CC(NC(=O)C(CC(=O)O)NC(=O)C(N)CS)C(=O)NC(Cc1ccc(O)cc1)C(=O)O. The van der Waals surface area contributed by atoms with Gasteiger partial charge in [-0.2, -0.15) is 12.6 Å². The van der Waals surface area contributed by atoms with Crippen molar-refractivity contribution in [1.82, 2.24) is 16.0 Å². The number of carboxylic acid groups (broad SMARTS) is 2. The number of amides is 4. The molecule has 4 amide bonds. The molecule has 192 valence electrons. The van der Waals surface area contributed by atoms with E-state index in [1.54, 1.807) is 0 Å². The maximum atomic E-state index is 12.7. The van der Waals surface area contributed by atoms with Crippen LogP contribution in [0.25, 0.3) is 0 Å². The Kier molecular flexibility index (Phi) is 11.5. The Hall–Kier alpha value is -3.85. The van der Waals surface area contributed by atoms with Crippen molar-refractivity contribution in [2.75, 3.05) is 5.75 Å². The van der Waals surface area contributed by atoms with E-state index in [1.165, 1.54) is 24.3 Å². The van der Waals surface area contributed by atoms with Crippen LogP contribution in [0.3, 0.4) is 0 Å². The second-order valence-electron chi connectivity index (χ2n) is 7.45. The van der Waals surface area contributed by atoms with E-state index >= 15 is 0 Å². The van der Waals surface area contributed by atoms with Crippen molar-refractivity contribution >= 4 is 48.2 Å². The van der Waals surface area contributed by atoms with Crippen LogP contribution in [-0.4, -0.2) is 80.8 Å². The standard InChI is InChI=1S/C20H27N5O9S/c21-11(8-35)17(30)23-13(7-16(28)29)19(32)24-12(6-15(22)27)18(31)25-14(20(33)34)5-9-1-3-10(26)4-2-9/h1-4,11-14,26,35H,5-8,21H2,(H2,22,27)(H,23,30)(H,24,32)(H,25,31)(H,28,29)(H,33,34). The summed E-state index contributed by atoms with van der Waals surface area (Å²) in [6.45, 7) is 0. The number of nitrogens with one attached hydrogen (secondary N) is 3. The molecule has 4 atom stereocenters. The van der Waals surface area contributed by atoms with Crippen molar-refractivity contribution < 1.29 is 44.1 Å². The van der Waals surface area contributed by atoms with Crippen molar-refractivity contribution in [3.05, 3.63) is 29.8 Å². The molecule has 14 nitrogen and oxygen atoms in total. The lowest BCUT2D eigenvalue weighted by atomic mass is 10.0. The molecule has 1 aromatic carbocycles. The first-order valence-corrected chi connectivity index (χ1v) is 10.8. The number of benzene rings is 1. The van der Waals surface area contributed by atoms with Crippen LogP contribution in [0.1, 0.15) is 18.4 Å². The Morgan fingerprint density at radius 2 is 1.31 bits per heavy atom. The van der Waals surface area contributed by atoms with E-state index in [0.717, 1.165) is 0 Å². The van der Waals surface area contributed by atoms with E-state index in [-0.39, 0.29) is 17.9 Å². The molecule has 35 heavy (non-hydrogen) atoms. The molecule has 0 saturated heterocycles. The number of primary amides is 1. The maximum absolute atomic E-state index is 12.7. The predicted octanol–water partition coefficient (Wildman–Crippen LogP) is -2.92. The maximum Gasteiger partial charge on any atom is 0.326 e. The van der Waals surface area contributed by atoms with Crippen molar-refractivity contribution in [3.8, 4) is 5.75 Å². The van der Waals surface area contributed by atoms with Gasteiger partial charge in [-0.05, 0) is 17.7 Å². The molecule has 4 unspecified atom stereocenters. The van der Waals surface area contributed by atoms with Crippen LogP contribution < -0.4 is 27.4 Å². The van der Waals surface area contributed by atoms with Crippen LogP contribution >= 0.6 is 12.6 Å². The largest absolute Gasteiger partial charge is 0.508 e. The Labute approximate surface area is 204 Å². The first-order valence-electron chi connectivity index (χ1n) is 10.1. The van der Waals surface area contributed by atoms with Gasteiger partial charge in [0, 0.05) is 12.2 Å². The molecule has 0 radical (unpaired) electrons. The summed E-state index contributed by atoms with van der Waals surface area (Å²) in [4.78, 5) is 71.6. The molecule has 0 saturated carbocycles. The molecule has 1 aromatic rings. The van der Waals surface area contributed by atoms with Gasteiger partial charge in [-0.1, -0.05) is 12.1 Å². The molecule has 0 fully saturated rings. The van der Waals surface area contributed by atoms with E-state index < -0.39 is 72.6 Å². The van der Waals surface area contributed by atoms with E-state index in [0.29, 0.717) is 5.56 Å². The summed E-state index contributed by atoms with van der Waals surface area (Å²) < 4.78 is 0. The van der Waals surface area contributed by atoms with Crippen LogP contribution in [0.2, 0.25) is 0 Å². The second kappa shape index (κ2) is 13.8. The lowest BCUT2D eigenvalue weighted by Crippen LogP contribution is -2.58. The summed E-state index contributed by atoms with van der Waals surface area (Å²) in [5.41, 5.74) is 11.1. The van der Waals surface area contributed by atoms with E-state index in [9.17, 15) is 39.0 Å². The molecule has 0 aromatic heterocycles. The number of rotatable bonds is 14. The van der Waals surface area contributed by atoms with Crippen molar-refractivity contribution in [3.63, 3.8) is 0 Å². The minimum Gasteiger partial charge on any atom is -0.508 e. The Balaban J connectivity index is 3.03. The fraction of sp³-hybridized carbons (Fsp3) is 0.400. The molecule has 10 N–H and O–H groups in total. The van der Waals surface area contributed by atoms with Gasteiger partial charge in [0.25, 0.3) is 0 Å². The first kappa shape index (κ1) is 29.2. The highest BCUT2D eigenvalue weighted by molar-refractivity contribution is 7.80. The highest BCUT2D eigenvalue weighted by Crippen LogP contribution is 2.12. The van der Waals surface area contributed by atoms with Crippen LogP contribution in [0.5, 0.6) is 5.75 Å². The van der Waals surface area contributed by atoms with Crippen LogP contribution in [0.15, 0.2) is 24.3 Å². The molecule has 0 spiro atoms. The summed E-state index contributed by atoms with van der Waals surface area (Å²) >= 11 is 3.84. The van der Waals surface area contributed by atoms with E-state index in [2.05, 4.69) is 28.6 Å². The van der Waals surface area contributed by atoms with Crippen LogP contribution in [0, 0.1) is 0 Å². The molecule has 0 aliphatic carbocycles. The lowest BCUT2D eigenvalue weighted by Gasteiger charge is -2.24. The quantitative estimate of drug-likeness (QED) is 0.115. The number of nitrogens with two attached hydrogens (primary N) is 2. The number of phenols is 1. The molecule has 0 aliphatic heterocycles. The number of aliphatic carboxylic acids is 2. The number of hydrogen-bond acceptors (Lipinski definition) is 9.